The molecule has 6 rings (SSSR count). The number of Topliss-reactive ketones (excluding diaryl/α,β-unsaturated/α-hetero) is 2. The van der Waals surface area contributed by atoms with Crippen LogP contribution in [0.15, 0.2) is 58.9 Å². The molecule has 264 valence electrons. The molecule has 0 radical (unpaired) electrons. The van der Waals surface area contributed by atoms with Gasteiger partial charge >= 0.3 is 5.97 Å². The Balaban J connectivity index is 0.000000189. The standard InChI is InChI=1S/C20H26N2O2.C14H15NO3.C6H13N/c1-13-12-15(20(24)21-16-6-4-3-5-7-16)8-9-17(13)22-18-10-11-19(23)14(18)2;1-8-7-10(14(17)18)3-4-11(8)15-12-5-6-13(16)9(12)2;7-6-4-2-1-3-5-6/h8-9,12,16,22H,3-7,10-11H2,1-2H3,(H,21,24);3-4,7,15H,5-6H2,1-2H3,(H,17,18);6H,1-5,7H2. The maximum Gasteiger partial charge on any atom is 0.335 e. The lowest BCUT2D eigenvalue weighted by molar-refractivity contribution is -0.115. The molecular weight excluding hydrogens is 616 g/mol. The molecule has 0 unspecified atom stereocenters. The van der Waals surface area contributed by atoms with Crippen LogP contribution in [0.1, 0.15) is 136 Å². The summed E-state index contributed by atoms with van der Waals surface area (Å²) in [6, 6.07) is 11.5. The van der Waals surface area contributed by atoms with Gasteiger partial charge in [-0.25, -0.2) is 4.79 Å². The molecule has 0 aromatic heterocycles. The number of anilines is 2. The number of carboxylic acid groups (broad SMARTS) is 1. The predicted molar refractivity (Wildman–Crippen MR) is 196 cm³/mol. The van der Waals surface area contributed by atoms with E-state index in [9.17, 15) is 19.2 Å². The van der Waals surface area contributed by atoms with Gasteiger partial charge in [-0.05, 0) is 114 Å². The van der Waals surface area contributed by atoms with E-state index in [1.807, 2.05) is 45.9 Å². The molecule has 0 spiro atoms. The zero-order chi connectivity index (χ0) is 35.5. The summed E-state index contributed by atoms with van der Waals surface area (Å²) in [7, 11) is 0. The number of aryl methyl sites for hydroxylation is 2. The first kappa shape index (κ1) is 37.6. The van der Waals surface area contributed by atoms with Crippen molar-refractivity contribution in [3.63, 3.8) is 0 Å². The summed E-state index contributed by atoms with van der Waals surface area (Å²) in [5, 5.41) is 18.6. The van der Waals surface area contributed by atoms with Crippen LogP contribution in [-0.4, -0.2) is 40.6 Å². The van der Waals surface area contributed by atoms with Crippen LogP contribution in [0.4, 0.5) is 11.4 Å². The molecule has 49 heavy (non-hydrogen) atoms. The van der Waals surface area contributed by atoms with Crippen LogP contribution in [-0.2, 0) is 9.59 Å². The first-order chi connectivity index (χ1) is 23.4. The van der Waals surface area contributed by atoms with Crippen LogP contribution >= 0.6 is 0 Å². The number of hydrogen-bond acceptors (Lipinski definition) is 7. The highest BCUT2D eigenvalue weighted by molar-refractivity contribution is 5.99. The summed E-state index contributed by atoms with van der Waals surface area (Å²) in [6.45, 7) is 7.53. The fraction of sp³-hybridized carbons (Fsp3) is 0.500. The molecule has 2 aromatic rings. The summed E-state index contributed by atoms with van der Waals surface area (Å²) in [6.07, 6.45) is 15.2. The van der Waals surface area contributed by atoms with E-state index >= 15 is 0 Å². The molecule has 9 heteroatoms. The number of allylic oxidation sites excluding steroid dienone is 4. The van der Waals surface area contributed by atoms with Crippen molar-refractivity contribution in [2.45, 2.75) is 130 Å². The lowest BCUT2D eigenvalue weighted by Crippen LogP contribution is -2.36. The van der Waals surface area contributed by atoms with Gasteiger partial charge in [-0.15, -0.1) is 0 Å². The van der Waals surface area contributed by atoms with Crippen molar-refractivity contribution < 1.29 is 24.3 Å². The van der Waals surface area contributed by atoms with Gasteiger partial charge < -0.3 is 26.8 Å². The number of carbonyl (C=O) groups is 4. The van der Waals surface area contributed by atoms with Gasteiger partial charge in [0.2, 0.25) is 0 Å². The van der Waals surface area contributed by atoms with Crippen molar-refractivity contribution in [2.24, 2.45) is 5.73 Å². The number of nitrogens with two attached hydrogens (primary N) is 1. The molecule has 2 saturated carbocycles. The molecule has 4 aliphatic rings. The second kappa shape index (κ2) is 18.0. The van der Waals surface area contributed by atoms with Gasteiger partial charge in [-0.1, -0.05) is 38.5 Å². The number of nitrogens with one attached hydrogen (secondary N) is 3. The van der Waals surface area contributed by atoms with Gasteiger partial charge in [0.25, 0.3) is 5.91 Å². The fourth-order valence-corrected chi connectivity index (χ4v) is 6.73. The Morgan fingerprint density at radius 1 is 0.653 bits per heavy atom. The summed E-state index contributed by atoms with van der Waals surface area (Å²) in [4.78, 5) is 46.3. The molecule has 6 N–H and O–H groups in total. The van der Waals surface area contributed by atoms with E-state index in [0.717, 1.165) is 70.7 Å². The van der Waals surface area contributed by atoms with E-state index in [1.165, 1.54) is 51.4 Å². The van der Waals surface area contributed by atoms with E-state index in [-0.39, 0.29) is 23.0 Å². The molecule has 4 aliphatic carbocycles. The van der Waals surface area contributed by atoms with Crippen LogP contribution < -0.4 is 21.7 Å². The Hall–Kier alpha value is -4.24. The number of carbonyl (C=O) groups excluding carboxylic acids is 3. The molecule has 0 atom stereocenters. The minimum atomic E-state index is -0.934. The predicted octanol–water partition coefficient (Wildman–Crippen LogP) is 8.13. The zero-order valence-corrected chi connectivity index (χ0v) is 29.7. The maximum atomic E-state index is 12.4. The Labute approximate surface area is 291 Å². The number of ketones is 2. The normalized spacial score (nSPS) is 18.4. The van der Waals surface area contributed by atoms with E-state index in [1.54, 1.807) is 18.2 Å². The van der Waals surface area contributed by atoms with Crippen LogP contribution in [0.2, 0.25) is 0 Å². The summed E-state index contributed by atoms with van der Waals surface area (Å²) >= 11 is 0. The number of benzene rings is 2. The highest BCUT2D eigenvalue weighted by Crippen LogP contribution is 2.28. The Morgan fingerprint density at radius 3 is 1.49 bits per heavy atom. The second-order valence-corrected chi connectivity index (χ2v) is 13.9. The van der Waals surface area contributed by atoms with E-state index in [4.69, 9.17) is 10.8 Å². The van der Waals surface area contributed by atoms with Crippen molar-refractivity contribution in [3.05, 3.63) is 81.2 Å². The third-order valence-corrected chi connectivity index (χ3v) is 10.1. The molecule has 2 fully saturated rings. The number of hydrogen-bond donors (Lipinski definition) is 5. The average Bonchev–Trinajstić information content (AvgIpc) is 3.58. The summed E-state index contributed by atoms with van der Waals surface area (Å²) < 4.78 is 0. The van der Waals surface area contributed by atoms with E-state index < -0.39 is 5.97 Å². The largest absolute Gasteiger partial charge is 0.478 e. The van der Waals surface area contributed by atoms with Crippen LogP contribution in [0.25, 0.3) is 0 Å². The number of rotatable bonds is 7. The van der Waals surface area contributed by atoms with Gasteiger partial charge in [-0.2, -0.15) is 0 Å². The van der Waals surface area contributed by atoms with Crippen molar-refractivity contribution in [3.8, 4) is 0 Å². The fourth-order valence-electron chi connectivity index (χ4n) is 6.73. The Morgan fingerprint density at radius 2 is 1.10 bits per heavy atom. The molecule has 2 aromatic carbocycles. The minimum Gasteiger partial charge on any atom is -0.478 e. The molecule has 0 aliphatic heterocycles. The minimum absolute atomic E-state index is 0.0167. The SMILES string of the molecule is CC1=C(Nc2ccc(C(=O)NC3CCCCC3)cc2C)CCC1=O.CC1=C(Nc2ccc(C(=O)O)cc2C)CCC1=O.NC1CCCCC1. The van der Waals surface area contributed by atoms with Gasteiger partial charge in [0.15, 0.2) is 11.6 Å². The summed E-state index contributed by atoms with van der Waals surface area (Å²) in [5.74, 6) is -0.518. The van der Waals surface area contributed by atoms with E-state index in [0.29, 0.717) is 30.5 Å². The quantitative estimate of drug-likeness (QED) is 0.198. The highest BCUT2D eigenvalue weighted by atomic mass is 16.4. The van der Waals surface area contributed by atoms with Crippen LogP contribution in [0.5, 0.6) is 0 Å². The molecule has 0 saturated heterocycles. The smallest absolute Gasteiger partial charge is 0.335 e. The van der Waals surface area contributed by atoms with Crippen molar-refractivity contribution in [1.82, 2.24) is 5.32 Å². The molecule has 0 bridgehead atoms. The van der Waals surface area contributed by atoms with Gasteiger partial charge in [0, 0.05) is 64.4 Å². The second-order valence-electron chi connectivity index (χ2n) is 13.9. The van der Waals surface area contributed by atoms with Crippen LogP contribution in [0.3, 0.4) is 0 Å². The van der Waals surface area contributed by atoms with Gasteiger partial charge in [0.1, 0.15) is 0 Å². The average molecular weight is 671 g/mol. The molecule has 1 amide bonds. The van der Waals surface area contributed by atoms with Gasteiger partial charge in [0.05, 0.1) is 5.56 Å². The highest BCUT2D eigenvalue weighted by Gasteiger charge is 2.21. The number of carboxylic acids is 1. The van der Waals surface area contributed by atoms with Crippen molar-refractivity contribution >= 4 is 34.8 Å². The molecule has 9 nitrogen and oxygen atoms in total. The lowest BCUT2D eigenvalue weighted by Gasteiger charge is -2.23. The topological polar surface area (TPSA) is 151 Å². The van der Waals surface area contributed by atoms with Crippen LogP contribution in [0, 0.1) is 13.8 Å². The zero-order valence-electron chi connectivity index (χ0n) is 29.7. The van der Waals surface area contributed by atoms with Crippen molar-refractivity contribution in [1.29, 1.82) is 0 Å². The maximum absolute atomic E-state index is 12.4. The van der Waals surface area contributed by atoms with Crippen molar-refractivity contribution in [2.75, 3.05) is 10.6 Å². The first-order valence-electron chi connectivity index (χ1n) is 17.9. The monoisotopic (exact) mass is 670 g/mol. The van der Waals surface area contributed by atoms with E-state index in [2.05, 4.69) is 16.0 Å². The lowest BCUT2D eigenvalue weighted by atomic mass is 9.95. The Kier molecular flexibility index (Phi) is 13.8. The molecular formula is C40H54N4O5. The first-order valence-corrected chi connectivity index (χ1v) is 17.9. The molecule has 0 heterocycles. The summed E-state index contributed by atoms with van der Waals surface area (Å²) in [5.41, 5.74) is 13.8. The third kappa shape index (κ3) is 10.9. The van der Waals surface area contributed by atoms with Gasteiger partial charge in [-0.3, -0.25) is 14.4 Å². The number of aromatic carboxylic acids is 1. The third-order valence-electron chi connectivity index (χ3n) is 10.1. The Bertz CT molecular complexity index is 1600. The number of amides is 1.